The van der Waals surface area contributed by atoms with Crippen molar-refractivity contribution in [3.8, 4) is 0 Å². The predicted octanol–water partition coefficient (Wildman–Crippen LogP) is 5.78. The fourth-order valence-electron chi connectivity index (χ4n) is 3.14. The Bertz CT molecular complexity index is 561. The van der Waals surface area contributed by atoms with Crippen molar-refractivity contribution in [2.45, 2.75) is 53.8 Å². The third kappa shape index (κ3) is 3.77. The molecule has 0 spiro atoms. The second-order valence-corrected chi connectivity index (χ2v) is 12.9. The maximum atomic E-state index is 2.53. The summed E-state index contributed by atoms with van der Waals surface area (Å²) in [6, 6.07) is 4.75. The van der Waals surface area contributed by atoms with Crippen molar-refractivity contribution in [1.82, 2.24) is 0 Å². The van der Waals surface area contributed by atoms with Crippen LogP contribution in [0.25, 0.3) is 0 Å². The SMILES string of the molecule is Cc1cc(CC(C)C2C=CC([Si](C)(C)C)=C2)cc(C)c1C. The summed E-state index contributed by atoms with van der Waals surface area (Å²) >= 11 is 0. The van der Waals surface area contributed by atoms with Crippen LogP contribution in [0.3, 0.4) is 0 Å². The van der Waals surface area contributed by atoms with Crippen LogP contribution in [0.15, 0.2) is 35.6 Å². The minimum atomic E-state index is -1.15. The first-order chi connectivity index (χ1) is 9.68. The number of hydrogen-bond donors (Lipinski definition) is 0. The van der Waals surface area contributed by atoms with Crippen LogP contribution in [0, 0.1) is 32.6 Å². The molecule has 2 rings (SSSR count). The van der Waals surface area contributed by atoms with Gasteiger partial charge in [0.25, 0.3) is 0 Å². The van der Waals surface area contributed by atoms with Gasteiger partial charge in [-0.25, -0.2) is 0 Å². The molecule has 21 heavy (non-hydrogen) atoms. The summed E-state index contributed by atoms with van der Waals surface area (Å²) < 4.78 is 0. The van der Waals surface area contributed by atoms with Crippen LogP contribution in [0.2, 0.25) is 19.6 Å². The van der Waals surface area contributed by atoms with E-state index in [1.54, 1.807) is 5.20 Å². The third-order valence-electron chi connectivity index (χ3n) is 4.94. The molecule has 0 saturated carbocycles. The standard InChI is InChI=1S/C20H30Si/c1-14-10-18(11-15(2)17(14)4)12-16(3)19-8-9-20(13-19)21(5,6)7/h8-11,13,16,19H,12H2,1-7H3. The zero-order valence-corrected chi connectivity index (χ0v) is 15.7. The largest absolute Gasteiger partial charge is 0.0781 e. The van der Waals surface area contributed by atoms with Crippen LogP contribution in [0.1, 0.15) is 29.2 Å². The number of aryl methyl sites for hydroxylation is 2. The summed E-state index contributed by atoms with van der Waals surface area (Å²) in [7, 11) is -1.15. The van der Waals surface area contributed by atoms with Crippen LogP contribution >= 0.6 is 0 Å². The molecule has 2 unspecified atom stereocenters. The second-order valence-electron chi connectivity index (χ2n) is 7.84. The first-order valence-electron chi connectivity index (χ1n) is 8.15. The van der Waals surface area contributed by atoms with E-state index in [0.717, 1.165) is 0 Å². The average molecular weight is 299 g/mol. The maximum absolute atomic E-state index is 2.53. The topological polar surface area (TPSA) is 0 Å². The van der Waals surface area contributed by atoms with Crippen LogP contribution in [0.5, 0.6) is 0 Å². The Balaban J connectivity index is 2.12. The van der Waals surface area contributed by atoms with Gasteiger partial charge in [0.05, 0.1) is 8.07 Å². The fourth-order valence-corrected chi connectivity index (χ4v) is 4.43. The maximum Gasteiger partial charge on any atom is 0.0771 e. The molecule has 1 aromatic rings. The van der Waals surface area contributed by atoms with Crippen molar-refractivity contribution >= 4 is 8.07 Å². The molecule has 0 fully saturated rings. The molecule has 1 heteroatoms. The molecular formula is C20H30Si. The molecule has 0 heterocycles. The first-order valence-corrected chi connectivity index (χ1v) is 11.7. The Hall–Kier alpha value is -1.08. The Morgan fingerprint density at radius 1 is 1.05 bits per heavy atom. The van der Waals surface area contributed by atoms with Crippen LogP contribution in [-0.4, -0.2) is 8.07 Å². The Morgan fingerprint density at radius 3 is 2.10 bits per heavy atom. The molecule has 0 aromatic heterocycles. The van der Waals surface area contributed by atoms with Crippen molar-refractivity contribution in [2.24, 2.45) is 11.8 Å². The molecule has 0 aliphatic heterocycles. The lowest BCUT2D eigenvalue weighted by Gasteiger charge is -2.19. The van der Waals surface area contributed by atoms with Gasteiger partial charge in [0, 0.05) is 0 Å². The van der Waals surface area contributed by atoms with Gasteiger partial charge < -0.3 is 0 Å². The number of rotatable bonds is 4. The van der Waals surface area contributed by atoms with Gasteiger partial charge in [-0.05, 0) is 61.3 Å². The molecule has 0 N–H and O–H groups in total. The van der Waals surface area contributed by atoms with E-state index in [2.05, 4.69) is 77.7 Å². The summed E-state index contributed by atoms with van der Waals surface area (Å²) in [5, 5.41) is 1.62. The molecule has 0 radical (unpaired) electrons. The van der Waals surface area contributed by atoms with Crippen molar-refractivity contribution in [3.63, 3.8) is 0 Å². The number of allylic oxidation sites excluding steroid dienone is 4. The zero-order valence-electron chi connectivity index (χ0n) is 14.7. The fraction of sp³-hybridized carbons (Fsp3) is 0.500. The summed E-state index contributed by atoms with van der Waals surface area (Å²) in [4.78, 5) is 0. The van der Waals surface area contributed by atoms with Crippen molar-refractivity contribution in [3.05, 3.63) is 57.8 Å². The van der Waals surface area contributed by atoms with E-state index >= 15 is 0 Å². The van der Waals surface area contributed by atoms with Gasteiger partial charge in [0.15, 0.2) is 0 Å². The Morgan fingerprint density at radius 2 is 1.62 bits per heavy atom. The monoisotopic (exact) mass is 298 g/mol. The summed E-state index contributed by atoms with van der Waals surface area (Å²) in [6.45, 7) is 16.4. The summed E-state index contributed by atoms with van der Waals surface area (Å²) in [5.41, 5.74) is 5.79. The van der Waals surface area contributed by atoms with Crippen LogP contribution < -0.4 is 0 Å². The normalized spacial score (nSPS) is 19.8. The number of hydrogen-bond acceptors (Lipinski definition) is 0. The van der Waals surface area contributed by atoms with Gasteiger partial charge >= 0.3 is 0 Å². The van der Waals surface area contributed by atoms with E-state index in [4.69, 9.17) is 0 Å². The van der Waals surface area contributed by atoms with Gasteiger partial charge in [-0.15, -0.1) is 0 Å². The zero-order chi connectivity index (χ0) is 15.8. The molecule has 2 atom stereocenters. The lowest BCUT2D eigenvalue weighted by molar-refractivity contribution is 0.499. The lowest BCUT2D eigenvalue weighted by Crippen LogP contribution is -2.22. The summed E-state index contributed by atoms with van der Waals surface area (Å²) in [5.74, 6) is 1.30. The molecule has 0 amide bonds. The smallest absolute Gasteiger partial charge is 0.0771 e. The molecule has 1 aliphatic rings. The van der Waals surface area contributed by atoms with E-state index in [1.807, 2.05) is 0 Å². The van der Waals surface area contributed by atoms with Crippen molar-refractivity contribution < 1.29 is 0 Å². The second kappa shape index (κ2) is 5.96. The molecule has 114 valence electrons. The number of benzene rings is 1. The van der Waals surface area contributed by atoms with Crippen LogP contribution in [-0.2, 0) is 6.42 Å². The Kier molecular flexibility index (Phi) is 4.62. The minimum absolute atomic E-state index is 0.619. The van der Waals surface area contributed by atoms with Gasteiger partial charge in [-0.1, -0.05) is 62.1 Å². The molecular weight excluding hydrogens is 268 g/mol. The van der Waals surface area contributed by atoms with Gasteiger partial charge in [0.2, 0.25) is 0 Å². The van der Waals surface area contributed by atoms with E-state index in [9.17, 15) is 0 Å². The van der Waals surface area contributed by atoms with Gasteiger partial charge in [-0.3, -0.25) is 0 Å². The third-order valence-corrected chi connectivity index (χ3v) is 7.00. The van der Waals surface area contributed by atoms with Gasteiger partial charge in [0.1, 0.15) is 0 Å². The average Bonchev–Trinajstić information content (AvgIpc) is 2.85. The van der Waals surface area contributed by atoms with E-state index in [-0.39, 0.29) is 0 Å². The quantitative estimate of drug-likeness (QED) is 0.618. The van der Waals surface area contributed by atoms with E-state index < -0.39 is 8.07 Å². The highest BCUT2D eigenvalue weighted by Gasteiger charge is 2.24. The van der Waals surface area contributed by atoms with Crippen molar-refractivity contribution in [1.29, 1.82) is 0 Å². The van der Waals surface area contributed by atoms with Gasteiger partial charge in [-0.2, -0.15) is 0 Å². The van der Waals surface area contributed by atoms with Crippen LogP contribution in [0.4, 0.5) is 0 Å². The first kappa shape index (κ1) is 16.3. The lowest BCUT2D eigenvalue weighted by atomic mass is 9.87. The minimum Gasteiger partial charge on any atom is -0.0781 e. The highest BCUT2D eigenvalue weighted by molar-refractivity contribution is 6.83. The molecule has 1 aliphatic carbocycles. The molecule has 1 aromatic carbocycles. The predicted molar refractivity (Wildman–Crippen MR) is 97.6 cm³/mol. The molecule has 0 nitrogen and oxygen atoms in total. The van der Waals surface area contributed by atoms with E-state index in [1.165, 1.54) is 28.7 Å². The van der Waals surface area contributed by atoms with E-state index in [0.29, 0.717) is 11.8 Å². The Labute approximate surface area is 132 Å². The highest BCUT2D eigenvalue weighted by atomic mass is 28.3. The van der Waals surface area contributed by atoms with Crippen molar-refractivity contribution in [2.75, 3.05) is 0 Å². The molecule has 0 saturated heterocycles. The molecule has 0 bridgehead atoms. The summed E-state index contributed by atoms with van der Waals surface area (Å²) in [6.07, 6.45) is 8.52. The highest BCUT2D eigenvalue weighted by Crippen LogP contribution is 2.31.